The molecule has 0 saturated carbocycles. The number of amides is 2. The maximum absolute atomic E-state index is 13.1. The zero-order chi connectivity index (χ0) is 23.3. The molecule has 1 heterocycles. The molecular formula is C22H26FN3O5S. The molecule has 1 aliphatic rings. The van der Waals surface area contributed by atoms with Gasteiger partial charge in [0.15, 0.2) is 6.61 Å². The Balaban J connectivity index is 1.52. The lowest BCUT2D eigenvalue weighted by molar-refractivity contribution is -0.132. The highest BCUT2D eigenvalue weighted by Gasteiger charge is 2.33. The topological polar surface area (TPSA) is 105 Å². The number of halogens is 1. The summed E-state index contributed by atoms with van der Waals surface area (Å²) < 4.78 is 45.4. The van der Waals surface area contributed by atoms with E-state index in [1.165, 1.54) is 16.4 Å². The van der Waals surface area contributed by atoms with Gasteiger partial charge in [0.05, 0.1) is 10.8 Å². The minimum Gasteiger partial charge on any atom is -0.483 e. The van der Waals surface area contributed by atoms with Crippen molar-refractivity contribution in [2.45, 2.75) is 31.6 Å². The van der Waals surface area contributed by atoms with Crippen LogP contribution >= 0.6 is 0 Å². The van der Waals surface area contributed by atoms with E-state index in [0.717, 1.165) is 23.3 Å². The van der Waals surface area contributed by atoms with Gasteiger partial charge in [0.2, 0.25) is 15.9 Å². The first kappa shape index (κ1) is 23.7. The SMILES string of the molecule is Cc1ccc(C)c(OCC(=O)NNC(=O)C2CCCN(S(=O)(=O)c3ccc(F)cc3)C2)c1. The van der Waals surface area contributed by atoms with Gasteiger partial charge in [-0.2, -0.15) is 4.31 Å². The number of hydrogen-bond acceptors (Lipinski definition) is 5. The Morgan fingerprint density at radius 1 is 1.12 bits per heavy atom. The summed E-state index contributed by atoms with van der Waals surface area (Å²) in [6.45, 7) is 3.74. The first-order chi connectivity index (χ1) is 15.2. The summed E-state index contributed by atoms with van der Waals surface area (Å²) in [7, 11) is -3.84. The van der Waals surface area contributed by atoms with Crippen molar-refractivity contribution in [2.75, 3.05) is 19.7 Å². The monoisotopic (exact) mass is 463 g/mol. The summed E-state index contributed by atoms with van der Waals surface area (Å²) in [4.78, 5) is 24.5. The first-order valence-corrected chi connectivity index (χ1v) is 11.7. The van der Waals surface area contributed by atoms with Crippen LogP contribution in [0, 0.1) is 25.6 Å². The van der Waals surface area contributed by atoms with Crippen molar-refractivity contribution in [2.24, 2.45) is 5.92 Å². The minimum atomic E-state index is -3.84. The van der Waals surface area contributed by atoms with Crippen molar-refractivity contribution >= 4 is 21.8 Å². The molecule has 172 valence electrons. The van der Waals surface area contributed by atoms with Crippen LogP contribution in [0.4, 0.5) is 4.39 Å². The van der Waals surface area contributed by atoms with Crippen LogP contribution in [0.3, 0.4) is 0 Å². The molecule has 2 aromatic rings. The van der Waals surface area contributed by atoms with E-state index in [9.17, 15) is 22.4 Å². The highest BCUT2D eigenvalue weighted by Crippen LogP contribution is 2.24. The van der Waals surface area contributed by atoms with Gasteiger partial charge in [0.1, 0.15) is 11.6 Å². The summed E-state index contributed by atoms with van der Waals surface area (Å²) in [6, 6.07) is 10.2. The standard InChI is InChI=1S/C22H26FN3O5S/c1-15-5-6-16(2)20(12-15)31-14-21(27)24-25-22(28)17-4-3-11-26(13-17)32(29,30)19-9-7-18(23)8-10-19/h5-10,12,17H,3-4,11,13-14H2,1-2H3,(H,24,27)(H,25,28). The number of sulfonamides is 1. The molecule has 3 rings (SSSR count). The van der Waals surface area contributed by atoms with Crippen LogP contribution in [0.1, 0.15) is 24.0 Å². The lowest BCUT2D eigenvalue weighted by atomic mass is 9.99. The van der Waals surface area contributed by atoms with Crippen LogP contribution < -0.4 is 15.6 Å². The molecule has 2 aromatic carbocycles. The minimum absolute atomic E-state index is 0.0274. The Morgan fingerprint density at radius 2 is 1.84 bits per heavy atom. The number of hydrazine groups is 1. The normalized spacial score (nSPS) is 16.9. The van der Waals surface area contributed by atoms with Crippen LogP contribution in [0.2, 0.25) is 0 Å². The van der Waals surface area contributed by atoms with E-state index < -0.39 is 33.6 Å². The van der Waals surface area contributed by atoms with Gasteiger partial charge >= 0.3 is 0 Å². The van der Waals surface area contributed by atoms with Gasteiger partial charge in [-0.15, -0.1) is 0 Å². The molecule has 1 saturated heterocycles. The van der Waals surface area contributed by atoms with Gasteiger partial charge in [-0.3, -0.25) is 20.4 Å². The molecule has 0 spiro atoms. The second-order valence-electron chi connectivity index (χ2n) is 7.75. The molecular weight excluding hydrogens is 437 g/mol. The molecule has 1 unspecified atom stereocenters. The number of carbonyl (C=O) groups is 2. The fraction of sp³-hybridized carbons (Fsp3) is 0.364. The van der Waals surface area contributed by atoms with Gasteiger partial charge in [-0.05, 0) is 68.1 Å². The number of hydrogen-bond donors (Lipinski definition) is 2. The molecule has 0 radical (unpaired) electrons. The summed E-state index contributed by atoms with van der Waals surface area (Å²) in [5.74, 6) is -1.59. The quantitative estimate of drug-likeness (QED) is 0.639. The van der Waals surface area contributed by atoms with E-state index in [-0.39, 0.29) is 24.6 Å². The predicted molar refractivity (Wildman–Crippen MR) is 116 cm³/mol. The Bertz CT molecular complexity index is 1090. The average molecular weight is 464 g/mol. The average Bonchev–Trinajstić information content (AvgIpc) is 2.78. The van der Waals surface area contributed by atoms with Crippen molar-refractivity contribution < 1.29 is 27.1 Å². The van der Waals surface area contributed by atoms with Crippen molar-refractivity contribution in [1.82, 2.24) is 15.2 Å². The van der Waals surface area contributed by atoms with Crippen molar-refractivity contribution in [3.8, 4) is 5.75 Å². The van der Waals surface area contributed by atoms with Gasteiger partial charge in [0.25, 0.3) is 5.91 Å². The third-order valence-corrected chi connectivity index (χ3v) is 7.11. The van der Waals surface area contributed by atoms with Gasteiger partial charge in [-0.1, -0.05) is 12.1 Å². The summed E-state index contributed by atoms with van der Waals surface area (Å²) >= 11 is 0. The highest BCUT2D eigenvalue weighted by atomic mass is 32.2. The Morgan fingerprint density at radius 3 is 2.56 bits per heavy atom. The van der Waals surface area contributed by atoms with E-state index in [1.54, 1.807) is 0 Å². The zero-order valence-corrected chi connectivity index (χ0v) is 18.7. The smallest absolute Gasteiger partial charge is 0.276 e. The van der Waals surface area contributed by atoms with Crippen molar-refractivity contribution in [3.05, 3.63) is 59.4 Å². The molecule has 1 fully saturated rings. The number of benzene rings is 2. The highest BCUT2D eigenvalue weighted by molar-refractivity contribution is 7.89. The van der Waals surface area contributed by atoms with Gasteiger partial charge in [0, 0.05) is 13.1 Å². The molecule has 0 aliphatic carbocycles. The van der Waals surface area contributed by atoms with E-state index in [2.05, 4.69) is 10.9 Å². The molecule has 2 N–H and O–H groups in total. The molecule has 32 heavy (non-hydrogen) atoms. The lowest BCUT2D eigenvalue weighted by Crippen LogP contribution is -2.50. The number of nitrogens with zero attached hydrogens (tertiary/aromatic N) is 1. The maximum Gasteiger partial charge on any atom is 0.276 e. The molecule has 8 nitrogen and oxygen atoms in total. The molecule has 10 heteroatoms. The zero-order valence-electron chi connectivity index (χ0n) is 17.9. The van der Waals surface area contributed by atoms with Crippen LogP contribution in [0.25, 0.3) is 0 Å². The molecule has 1 aliphatic heterocycles. The lowest BCUT2D eigenvalue weighted by Gasteiger charge is -2.31. The fourth-order valence-corrected chi connectivity index (χ4v) is 4.93. The number of rotatable bonds is 6. The largest absolute Gasteiger partial charge is 0.483 e. The van der Waals surface area contributed by atoms with E-state index in [1.807, 2.05) is 32.0 Å². The Labute approximate surface area is 186 Å². The summed E-state index contributed by atoms with van der Waals surface area (Å²) in [6.07, 6.45) is 0.971. The van der Waals surface area contributed by atoms with Crippen LogP contribution in [-0.2, 0) is 19.6 Å². The molecule has 1 atom stereocenters. The molecule has 0 aromatic heterocycles. The number of aryl methyl sites for hydroxylation is 2. The van der Waals surface area contributed by atoms with Crippen molar-refractivity contribution in [1.29, 1.82) is 0 Å². The fourth-order valence-electron chi connectivity index (χ4n) is 3.41. The van der Waals surface area contributed by atoms with Crippen LogP contribution in [0.5, 0.6) is 5.75 Å². The van der Waals surface area contributed by atoms with E-state index in [0.29, 0.717) is 18.6 Å². The number of carbonyl (C=O) groups excluding carboxylic acids is 2. The van der Waals surface area contributed by atoms with Gasteiger partial charge < -0.3 is 4.74 Å². The predicted octanol–water partition coefficient (Wildman–Crippen LogP) is 2.07. The number of nitrogens with one attached hydrogen (secondary N) is 2. The van der Waals surface area contributed by atoms with Crippen LogP contribution in [-0.4, -0.2) is 44.2 Å². The number of ether oxygens (including phenoxy) is 1. The maximum atomic E-state index is 13.1. The van der Waals surface area contributed by atoms with E-state index >= 15 is 0 Å². The van der Waals surface area contributed by atoms with Crippen LogP contribution in [0.15, 0.2) is 47.4 Å². The summed E-state index contributed by atoms with van der Waals surface area (Å²) in [5, 5.41) is 0. The second-order valence-corrected chi connectivity index (χ2v) is 9.69. The Kier molecular flexibility index (Phi) is 7.47. The third kappa shape index (κ3) is 5.83. The first-order valence-electron chi connectivity index (χ1n) is 10.2. The van der Waals surface area contributed by atoms with Gasteiger partial charge in [-0.25, -0.2) is 12.8 Å². The second kappa shape index (κ2) is 10.1. The molecule has 2 amide bonds. The molecule has 0 bridgehead atoms. The summed E-state index contributed by atoms with van der Waals surface area (Å²) in [5.41, 5.74) is 6.53. The third-order valence-electron chi connectivity index (χ3n) is 5.23. The van der Waals surface area contributed by atoms with E-state index in [4.69, 9.17) is 4.74 Å². The van der Waals surface area contributed by atoms with Crippen molar-refractivity contribution in [3.63, 3.8) is 0 Å². The number of piperidine rings is 1. The Hall–Kier alpha value is -2.98.